The number of benzene rings is 1. The van der Waals surface area contributed by atoms with Crippen LogP contribution in [0.5, 0.6) is 5.75 Å². The van der Waals surface area contributed by atoms with Crippen molar-refractivity contribution in [1.82, 2.24) is 0 Å². The van der Waals surface area contributed by atoms with E-state index in [0.29, 0.717) is 18.5 Å². The predicted molar refractivity (Wildman–Crippen MR) is 58.6 cm³/mol. The van der Waals surface area contributed by atoms with Crippen molar-refractivity contribution in [3.8, 4) is 5.75 Å². The van der Waals surface area contributed by atoms with Gasteiger partial charge in [-0.05, 0) is 18.1 Å². The maximum Gasteiger partial charge on any atom is 0.513 e. The van der Waals surface area contributed by atoms with Crippen molar-refractivity contribution in [3.63, 3.8) is 0 Å². The zero-order chi connectivity index (χ0) is 12.0. The van der Waals surface area contributed by atoms with Crippen LogP contribution in [-0.2, 0) is 4.74 Å². The van der Waals surface area contributed by atoms with Crippen molar-refractivity contribution in [3.05, 3.63) is 29.8 Å². The van der Waals surface area contributed by atoms with Crippen molar-refractivity contribution in [1.29, 1.82) is 0 Å². The van der Waals surface area contributed by atoms with E-state index in [4.69, 9.17) is 9.47 Å². The molecule has 16 heavy (non-hydrogen) atoms. The van der Waals surface area contributed by atoms with Crippen LogP contribution in [0, 0.1) is 5.92 Å². The Morgan fingerprint density at radius 2 is 2.06 bits per heavy atom. The highest BCUT2D eigenvalue weighted by Gasteiger charge is 2.09. The number of hydrogen-bond acceptors (Lipinski definition) is 4. The molecule has 0 unspecified atom stereocenters. The summed E-state index contributed by atoms with van der Waals surface area (Å²) in [4.78, 5) is 21.9. The van der Waals surface area contributed by atoms with Crippen LogP contribution in [0.4, 0.5) is 4.79 Å². The van der Waals surface area contributed by atoms with Gasteiger partial charge in [0.25, 0.3) is 0 Å². The summed E-state index contributed by atoms with van der Waals surface area (Å²) in [6, 6.07) is 6.48. The number of carbonyl (C=O) groups excluding carboxylic acids is 2. The first kappa shape index (κ1) is 12.2. The Bertz CT molecular complexity index is 371. The highest BCUT2D eigenvalue weighted by atomic mass is 16.7. The minimum absolute atomic E-state index is 0.214. The van der Waals surface area contributed by atoms with Gasteiger partial charge in [-0.15, -0.1) is 0 Å². The molecule has 86 valence electrons. The lowest BCUT2D eigenvalue weighted by Crippen LogP contribution is -2.14. The molecule has 1 rings (SSSR count). The molecule has 0 aliphatic heterocycles. The molecule has 0 aliphatic rings. The molecule has 0 saturated carbocycles. The molecule has 1 aromatic rings. The third-order valence-electron chi connectivity index (χ3n) is 1.77. The summed E-state index contributed by atoms with van der Waals surface area (Å²) in [5.74, 6) is 0.458. The van der Waals surface area contributed by atoms with Crippen molar-refractivity contribution in [2.75, 3.05) is 6.61 Å². The number of para-hydroxylation sites is 1. The lowest BCUT2D eigenvalue weighted by Gasteiger charge is -2.08. The summed E-state index contributed by atoms with van der Waals surface area (Å²) in [6.07, 6.45) is -0.159. The Hall–Kier alpha value is -1.84. The topological polar surface area (TPSA) is 52.6 Å². The molecule has 0 spiro atoms. The number of rotatable bonds is 4. The number of hydrogen-bond donors (Lipinski definition) is 0. The minimum Gasteiger partial charge on any atom is -0.434 e. The Morgan fingerprint density at radius 1 is 1.38 bits per heavy atom. The number of carbonyl (C=O) groups is 2. The van der Waals surface area contributed by atoms with Crippen LogP contribution in [0.15, 0.2) is 24.3 Å². The summed E-state index contributed by atoms with van der Waals surface area (Å²) < 4.78 is 9.72. The molecular formula is C12H14O4. The molecule has 0 aromatic heterocycles. The predicted octanol–water partition coefficient (Wildman–Crippen LogP) is 2.67. The van der Waals surface area contributed by atoms with Crippen molar-refractivity contribution in [2.24, 2.45) is 5.92 Å². The van der Waals surface area contributed by atoms with Gasteiger partial charge in [0.15, 0.2) is 6.29 Å². The maximum atomic E-state index is 11.2. The van der Waals surface area contributed by atoms with Crippen LogP contribution in [-0.4, -0.2) is 19.0 Å². The van der Waals surface area contributed by atoms with Crippen LogP contribution in [0.25, 0.3) is 0 Å². The highest BCUT2D eigenvalue weighted by molar-refractivity contribution is 5.80. The standard InChI is InChI=1S/C12H14O4/c1-9(2)8-15-12(14)16-11-6-4-3-5-10(11)7-13/h3-7,9H,8H2,1-2H3. The summed E-state index contributed by atoms with van der Waals surface area (Å²) in [7, 11) is 0. The SMILES string of the molecule is CC(C)COC(=O)Oc1ccccc1C=O. The molecule has 0 bridgehead atoms. The van der Waals surface area contributed by atoms with Gasteiger partial charge in [-0.3, -0.25) is 4.79 Å². The molecule has 4 heteroatoms. The average Bonchev–Trinajstić information content (AvgIpc) is 2.27. The first-order valence-electron chi connectivity index (χ1n) is 5.02. The lowest BCUT2D eigenvalue weighted by atomic mass is 10.2. The second kappa shape index (κ2) is 5.90. The van der Waals surface area contributed by atoms with Crippen LogP contribution < -0.4 is 4.74 Å². The Labute approximate surface area is 94.2 Å². The maximum absolute atomic E-state index is 11.2. The van der Waals surface area contributed by atoms with Gasteiger partial charge in [0, 0.05) is 0 Å². The monoisotopic (exact) mass is 222 g/mol. The fourth-order valence-electron chi connectivity index (χ4n) is 1.02. The normalized spacial score (nSPS) is 9.94. The van der Waals surface area contributed by atoms with E-state index in [1.165, 1.54) is 0 Å². The quantitative estimate of drug-likeness (QED) is 0.446. The first-order valence-corrected chi connectivity index (χ1v) is 5.02. The summed E-state index contributed by atoms with van der Waals surface area (Å²) in [5, 5.41) is 0. The van der Waals surface area contributed by atoms with E-state index in [9.17, 15) is 9.59 Å². The van der Waals surface area contributed by atoms with Crippen LogP contribution >= 0.6 is 0 Å². The third-order valence-corrected chi connectivity index (χ3v) is 1.77. The fourth-order valence-corrected chi connectivity index (χ4v) is 1.02. The van der Waals surface area contributed by atoms with E-state index >= 15 is 0 Å². The lowest BCUT2D eigenvalue weighted by molar-refractivity contribution is 0.0881. The van der Waals surface area contributed by atoms with Gasteiger partial charge >= 0.3 is 6.16 Å². The first-order chi connectivity index (χ1) is 7.63. The van der Waals surface area contributed by atoms with Crippen molar-refractivity contribution < 1.29 is 19.1 Å². The van der Waals surface area contributed by atoms with E-state index in [-0.39, 0.29) is 11.7 Å². The zero-order valence-electron chi connectivity index (χ0n) is 9.30. The molecule has 0 saturated heterocycles. The van der Waals surface area contributed by atoms with E-state index in [2.05, 4.69) is 0 Å². The van der Waals surface area contributed by atoms with Crippen LogP contribution in [0.1, 0.15) is 24.2 Å². The van der Waals surface area contributed by atoms with E-state index in [1.54, 1.807) is 24.3 Å². The molecule has 0 heterocycles. The van der Waals surface area contributed by atoms with Gasteiger partial charge in [-0.1, -0.05) is 26.0 Å². The average molecular weight is 222 g/mol. The molecule has 0 radical (unpaired) electrons. The van der Waals surface area contributed by atoms with Gasteiger partial charge in [0.05, 0.1) is 12.2 Å². The largest absolute Gasteiger partial charge is 0.513 e. The van der Waals surface area contributed by atoms with Gasteiger partial charge in [0.1, 0.15) is 5.75 Å². The Kier molecular flexibility index (Phi) is 4.51. The minimum atomic E-state index is -0.789. The van der Waals surface area contributed by atoms with Crippen LogP contribution in [0.2, 0.25) is 0 Å². The Morgan fingerprint density at radius 3 is 2.69 bits per heavy atom. The third kappa shape index (κ3) is 3.73. The van der Waals surface area contributed by atoms with Crippen molar-refractivity contribution in [2.45, 2.75) is 13.8 Å². The van der Waals surface area contributed by atoms with E-state index in [0.717, 1.165) is 0 Å². The van der Waals surface area contributed by atoms with Gasteiger partial charge < -0.3 is 9.47 Å². The molecule has 1 aromatic carbocycles. The summed E-state index contributed by atoms with van der Waals surface area (Å²) in [6.45, 7) is 4.14. The highest BCUT2D eigenvalue weighted by Crippen LogP contribution is 2.16. The second-order valence-electron chi connectivity index (χ2n) is 3.71. The van der Waals surface area contributed by atoms with E-state index in [1.807, 2.05) is 13.8 Å². The fraction of sp³-hybridized carbons (Fsp3) is 0.333. The molecular weight excluding hydrogens is 208 g/mol. The van der Waals surface area contributed by atoms with E-state index < -0.39 is 6.16 Å². The smallest absolute Gasteiger partial charge is 0.434 e. The molecule has 0 atom stereocenters. The Balaban J connectivity index is 2.59. The van der Waals surface area contributed by atoms with Crippen LogP contribution in [0.3, 0.4) is 0 Å². The molecule has 0 aliphatic carbocycles. The van der Waals surface area contributed by atoms with Gasteiger partial charge in [-0.25, -0.2) is 4.79 Å². The second-order valence-corrected chi connectivity index (χ2v) is 3.71. The molecule has 0 fully saturated rings. The number of aldehydes is 1. The van der Waals surface area contributed by atoms with Gasteiger partial charge in [0.2, 0.25) is 0 Å². The zero-order valence-corrected chi connectivity index (χ0v) is 9.30. The summed E-state index contributed by atoms with van der Waals surface area (Å²) >= 11 is 0. The number of ether oxygens (including phenoxy) is 2. The molecule has 0 N–H and O–H groups in total. The van der Waals surface area contributed by atoms with Gasteiger partial charge in [-0.2, -0.15) is 0 Å². The molecule has 4 nitrogen and oxygen atoms in total. The molecule has 0 amide bonds. The summed E-state index contributed by atoms with van der Waals surface area (Å²) in [5.41, 5.74) is 0.323. The van der Waals surface area contributed by atoms with Crippen molar-refractivity contribution >= 4 is 12.4 Å².